The van der Waals surface area contributed by atoms with E-state index in [1.165, 1.54) is 0 Å². The first kappa shape index (κ1) is 26.5. The van der Waals surface area contributed by atoms with Crippen LogP contribution in [0.15, 0.2) is 59.0 Å². The number of carbonyl (C=O) groups is 1. The zero-order chi connectivity index (χ0) is 28.1. The fraction of sp³-hybridized carbons (Fsp3) is 0.345. The van der Waals surface area contributed by atoms with Crippen LogP contribution in [0.5, 0.6) is 6.01 Å². The van der Waals surface area contributed by atoms with Crippen LogP contribution in [-0.4, -0.2) is 74.4 Å². The number of halogens is 1. The van der Waals surface area contributed by atoms with E-state index in [-0.39, 0.29) is 36.7 Å². The molecule has 0 saturated carbocycles. The van der Waals surface area contributed by atoms with Gasteiger partial charge in [0.1, 0.15) is 23.8 Å². The Bertz CT molecular complexity index is 1630. The third-order valence-electron chi connectivity index (χ3n) is 7.73. The third kappa shape index (κ3) is 5.13. The maximum absolute atomic E-state index is 12.1. The molecule has 2 N–H and O–H groups in total. The van der Waals surface area contributed by atoms with E-state index in [1.54, 1.807) is 10.4 Å². The van der Waals surface area contributed by atoms with Gasteiger partial charge in [-0.15, -0.1) is 0 Å². The Morgan fingerprint density at radius 3 is 2.49 bits per heavy atom. The van der Waals surface area contributed by atoms with Crippen molar-refractivity contribution in [2.45, 2.75) is 37.8 Å². The predicted octanol–water partition coefficient (Wildman–Crippen LogP) is 4.26. The van der Waals surface area contributed by atoms with Crippen molar-refractivity contribution in [3.05, 3.63) is 59.6 Å². The molecular weight excluding hydrogens is 566 g/mol. The molecule has 7 rings (SSSR count). The number of H-pyrrole nitrogens is 1. The van der Waals surface area contributed by atoms with Crippen molar-refractivity contribution in [2.24, 2.45) is 10.3 Å². The lowest BCUT2D eigenvalue weighted by molar-refractivity contribution is -0.126. The van der Waals surface area contributed by atoms with Crippen LogP contribution in [-0.2, 0) is 26.0 Å². The van der Waals surface area contributed by atoms with E-state index >= 15 is 0 Å². The molecule has 4 aromatic rings. The molecule has 1 amide bonds. The number of pyridine rings is 1. The highest BCUT2D eigenvalue weighted by Crippen LogP contribution is 2.33. The standard InChI is InChI=1S/C29H28ClN5O5S/c1-15-10-11-35(28(15)37)41-34-19-8-6-17(7-9-19)16-2-4-18(5-3-16)24-20(30)12-21-27(32-24)33-29(31-21)40-23-14-39-25-22(36)13-38-26(23)25/h2-9,12,15,22-23,25-26,36,41H,10-11,13-14H2,1H3,(H,31,32,33)/t15?,22-,23-,25-,26-/m1/s1. The lowest BCUT2D eigenvalue weighted by atomic mass is 10.0. The van der Waals surface area contributed by atoms with Gasteiger partial charge in [-0.1, -0.05) is 54.9 Å². The Hall–Kier alpha value is -3.35. The number of hydrogen-bond donors (Lipinski definition) is 3. The van der Waals surface area contributed by atoms with Gasteiger partial charge in [-0.05, 0) is 47.5 Å². The highest BCUT2D eigenvalue weighted by molar-refractivity contribution is 7.66. The van der Waals surface area contributed by atoms with Crippen LogP contribution >= 0.6 is 11.6 Å². The van der Waals surface area contributed by atoms with Gasteiger partial charge in [-0.25, -0.2) is 9.35 Å². The van der Waals surface area contributed by atoms with Crippen molar-refractivity contribution in [3.8, 4) is 28.4 Å². The van der Waals surface area contributed by atoms with E-state index < -0.39 is 6.10 Å². The van der Waals surface area contributed by atoms with Crippen LogP contribution in [0.4, 0.5) is 5.69 Å². The Morgan fingerprint density at radius 1 is 1.05 bits per heavy atom. The summed E-state index contributed by atoms with van der Waals surface area (Å²) in [5, 5.41) is 10.4. The molecule has 0 aliphatic carbocycles. The van der Waals surface area contributed by atoms with Crippen molar-refractivity contribution in [1.29, 1.82) is 0 Å². The predicted molar refractivity (Wildman–Crippen MR) is 156 cm³/mol. The van der Waals surface area contributed by atoms with Crippen LogP contribution in [0.1, 0.15) is 13.3 Å². The van der Waals surface area contributed by atoms with Gasteiger partial charge >= 0.3 is 0 Å². The van der Waals surface area contributed by atoms with Crippen molar-refractivity contribution < 1.29 is 24.1 Å². The van der Waals surface area contributed by atoms with Gasteiger partial charge in [0, 0.05) is 18.0 Å². The molecule has 12 heteroatoms. The minimum atomic E-state index is -0.643. The molecule has 3 aliphatic rings. The maximum Gasteiger partial charge on any atom is 0.296 e. The zero-order valence-electron chi connectivity index (χ0n) is 22.1. The van der Waals surface area contributed by atoms with E-state index in [2.05, 4.69) is 14.3 Å². The number of nitrogens with one attached hydrogen (secondary N) is 1. The number of aromatic nitrogens is 3. The van der Waals surface area contributed by atoms with E-state index in [9.17, 15) is 9.90 Å². The molecule has 2 aromatic carbocycles. The summed E-state index contributed by atoms with van der Waals surface area (Å²) < 4.78 is 23.6. The average molecular weight is 594 g/mol. The topological polar surface area (TPSA) is 122 Å². The number of aliphatic hydroxyl groups excluding tert-OH is 1. The van der Waals surface area contributed by atoms with Crippen LogP contribution in [0.25, 0.3) is 33.5 Å². The monoisotopic (exact) mass is 593 g/mol. The molecule has 1 unspecified atom stereocenters. The first-order valence-electron chi connectivity index (χ1n) is 13.5. The van der Waals surface area contributed by atoms with Crippen molar-refractivity contribution in [3.63, 3.8) is 0 Å². The number of thiol groups is 1. The molecule has 3 saturated heterocycles. The number of hydrogen-bond acceptors (Lipinski definition) is 8. The summed E-state index contributed by atoms with van der Waals surface area (Å²) in [5.74, 6) is 0.255. The normalized spacial score (nSPS) is 26.2. The fourth-order valence-corrected chi connectivity index (χ4v) is 6.47. The number of benzene rings is 2. The summed E-state index contributed by atoms with van der Waals surface area (Å²) in [4.78, 5) is 24.4. The summed E-state index contributed by atoms with van der Waals surface area (Å²) in [7, 11) is 0. The second-order valence-corrected chi connectivity index (χ2v) is 11.8. The summed E-state index contributed by atoms with van der Waals surface area (Å²) in [5.41, 5.74) is 5.57. The second-order valence-electron chi connectivity index (χ2n) is 10.5. The van der Waals surface area contributed by atoms with Crippen LogP contribution in [0.3, 0.4) is 0 Å². The van der Waals surface area contributed by atoms with Gasteiger partial charge in [-0.3, -0.25) is 14.1 Å². The molecule has 3 aliphatic heterocycles. The number of nitrogens with zero attached hydrogens (tertiary/aromatic N) is 4. The second kappa shape index (κ2) is 10.8. The van der Waals surface area contributed by atoms with E-state index in [1.807, 2.05) is 55.5 Å². The maximum atomic E-state index is 12.1. The van der Waals surface area contributed by atoms with Crippen LogP contribution in [0.2, 0.25) is 5.02 Å². The van der Waals surface area contributed by atoms with Gasteiger partial charge in [0.25, 0.3) is 6.01 Å². The first-order valence-corrected chi connectivity index (χ1v) is 14.7. The minimum absolute atomic E-state index is 0.0880. The zero-order valence-corrected chi connectivity index (χ0v) is 23.8. The quantitative estimate of drug-likeness (QED) is 0.286. The molecule has 0 radical (unpaired) electrons. The molecule has 5 atom stereocenters. The molecule has 3 fully saturated rings. The molecule has 0 bridgehead atoms. The van der Waals surface area contributed by atoms with E-state index in [0.717, 1.165) is 35.3 Å². The van der Waals surface area contributed by atoms with E-state index in [0.29, 0.717) is 46.2 Å². The minimum Gasteiger partial charge on any atom is -0.456 e. The number of amides is 1. The van der Waals surface area contributed by atoms with Gasteiger partial charge in [0.05, 0.1) is 29.6 Å². The molecule has 212 valence electrons. The number of ether oxygens (including phenoxy) is 3. The smallest absolute Gasteiger partial charge is 0.296 e. The van der Waals surface area contributed by atoms with Gasteiger partial charge in [0.15, 0.2) is 11.8 Å². The summed E-state index contributed by atoms with van der Waals surface area (Å²) in [6, 6.07) is 18.1. The molecule has 2 aromatic heterocycles. The number of carbonyl (C=O) groups excluding carboxylic acids is 1. The van der Waals surface area contributed by atoms with Crippen molar-refractivity contribution in [1.82, 2.24) is 19.3 Å². The number of rotatable bonds is 6. The lowest BCUT2D eigenvalue weighted by Gasteiger charge is -2.15. The highest BCUT2D eigenvalue weighted by atomic mass is 35.5. The number of aliphatic hydroxyl groups is 1. The Balaban J connectivity index is 1.05. The largest absolute Gasteiger partial charge is 0.456 e. The van der Waals surface area contributed by atoms with Crippen LogP contribution < -0.4 is 4.74 Å². The average Bonchev–Trinajstić information content (AvgIpc) is 3.75. The van der Waals surface area contributed by atoms with Gasteiger partial charge in [-0.2, -0.15) is 4.98 Å². The van der Waals surface area contributed by atoms with E-state index in [4.69, 9.17) is 30.8 Å². The first-order chi connectivity index (χ1) is 19.9. The number of fused-ring (bicyclic) bond motifs is 2. The number of aromatic amines is 1. The lowest BCUT2D eigenvalue weighted by Crippen LogP contribution is -2.34. The van der Waals surface area contributed by atoms with Gasteiger partial charge in [0.2, 0.25) is 5.91 Å². The molecule has 0 spiro atoms. The fourth-order valence-electron chi connectivity index (χ4n) is 5.38. The SMILES string of the molecule is CC1CCN([SH]=Nc2ccc(-c3ccc(-c4nc5[nH]c(O[C@@H]6CO[C@H]7[C@@H]6OC[C@H]7O)nc5cc4Cl)cc3)cc2)C1=O. The van der Waals surface area contributed by atoms with Crippen LogP contribution in [0, 0.1) is 5.92 Å². The summed E-state index contributed by atoms with van der Waals surface area (Å²) in [6.07, 6.45) is -0.842. The Labute approximate surface area is 244 Å². The summed E-state index contributed by atoms with van der Waals surface area (Å²) in [6.45, 7) is 3.26. The molecule has 5 heterocycles. The highest BCUT2D eigenvalue weighted by Gasteiger charge is 2.48. The molecule has 41 heavy (non-hydrogen) atoms. The summed E-state index contributed by atoms with van der Waals surface area (Å²) >= 11 is 7.28. The van der Waals surface area contributed by atoms with Crippen molar-refractivity contribution in [2.75, 3.05) is 19.8 Å². The van der Waals surface area contributed by atoms with Crippen molar-refractivity contribution >= 4 is 46.1 Å². The Morgan fingerprint density at radius 2 is 1.76 bits per heavy atom. The third-order valence-corrected chi connectivity index (χ3v) is 8.95. The molecule has 10 nitrogen and oxygen atoms in total. The number of imidazole rings is 1. The molecular formula is C29H28ClN5O5S. The van der Waals surface area contributed by atoms with Gasteiger partial charge < -0.3 is 19.3 Å². The Kier molecular flexibility index (Phi) is 7.00.